The van der Waals surface area contributed by atoms with E-state index in [-0.39, 0.29) is 17.4 Å². The molecule has 1 aliphatic rings. The zero-order valence-electron chi connectivity index (χ0n) is 13.4. The van der Waals surface area contributed by atoms with Crippen molar-refractivity contribution in [1.82, 2.24) is 0 Å². The molecule has 3 rings (SSSR count). The molecule has 0 spiro atoms. The normalized spacial score (nSPS) is 15.4. The molecule has 0 aliphatic carbocycles. The van der Waals surface area contributed by atoms with Crippen molar-refractivity contribution in [2.45, 2.75) is 6.92 Å². The molecule has 6 heteroatoms. The number of carbonyl (C=O) groups excluding carboxylic acids is 1. The van der Waals surface area contributed by atoms with Crippen molar-refractivity contribution in [1.29, 1.82) is 0 Å². The number of hydrogen-bond donors (Lipinski definition) is 0. The predicted molar refractivity (Wildman–Crippen MR) is 91.6 cm³/mol. The van der Waals surface area contributed by atoms with Gasteiger partial charge in [0.1, 0.15) is 0 Å². The van der Waals surface area contributed by atoms with Crippen molar-refractivity contribution in [3.05, 3.63) is 59.4 Å². The van der Waals surface area contributed by atoms with Crippen LogP contribution in [0.4, 0.5) is 10.1 Å². The van der Waals surface area contributed by atoms with Crippen LogP contribution in [0.1, 0.15) is 18.1 Å². The van der Waals surface area contributed by atoms with Crippen molar-refractivity contribution in [2.24, 2.45) is 10.2 Å². The Kier molecular flexibility index (Phi) is 4.37. The summed E-state index contributed by atoms with van der Waals surface area (Å²) >= 11 is 0. The third kappa shape index (κ3) is 2.78. The lowest BCUT2D eigenvalue weighted by molar-refractivity contribution is -0.112. The van der Waals surface area contributed by atoms with E-state index in [0.29, 0.717) is 12.1 Å². The number of halogens is 1. The molecule has 2 aromatic rings. The van der Waals surface area contributed by atoms with E-state index >= 15 is 0 Å². The van der Waals surface area contributed by atoms with E-state index in [4.69, 9.17) is 4.74 Å². The van der Waals surface area contributed by atoms with Crippen molar-refractivity contribution >= 4 is 23.5 Å². The summed E-state index contributed by atoms with van der Waals surface area (Å²) in [5, 5.41) is 8.00. The van der Waals surface area contributed by atoms with Gasteiger partial charge >= 0.3 is 0 Å². The molecule has 0 saturated heterocycles. The zero-order valence-corrected chi connectivity index (χ0v) is 13.4. The van der Waals surface area contributed by atoms with E-state index in [0.717, 1.165) is 11.3 Å². The molecule has 0 aromatic heterocycles. The number of anilines is 1. The number of carbonyl (C=O) groups is 1. The number of fused-ring (bicyclic) bond motifs is 1. The Balaban J connectivity index is 1.89. The molecular weight excluding hydrogens is 309 g/mol. The molecule has 0 bridgehead atoms. The highest BCUT2D eigenvalue weighted by Crippen LogP contribution is 2.28. The first-order valence-electron chi connectivity index (χ1n) is 7.51. The van der Waals surface area contributed by atoms with Gasteiger partial charge in [-0.25, -0.2) is 4.39 Å². The highest BCUT2D eigenvalue weighted by atomic mass is 19.1. The van der Waals surface area contributed by atoms with Gasteiger partial charge in [-0.3, -0.25) is 4.79 Å². The summed E-state index contributed by atoms with van der Waals surface area (Å²) in [5.74, 6) is -0.498. The van der Waals surface area contributed by atoms with Gasteiger partial charge in [-0.15, -0.1) is 5.10 Å². The van der Waals surface area contributed by atoms with Crippen LogP contribution in [-0.2, 0) is 4.79 Å². The fourth-order valence-electron chi connectivity index (χ4n) is 2.59. The van der Waals surface area contributed by atoms with Crippen LogP contribution in [0.25, 0.3) is 0 Å². The van der Waals surface area contributed by atoms with Gasteiger partial charge in [0.05, 0.1) is 19.0 Å². The van der Waals surface area contributed by atoms with Crippen LogP contribution in [0.3, 0.4) is 0 Å². The maximum absolute atomic E-state index is 13.7. The number of rotatable bonds is 4. The van der Waals surface area contributed by atoms with Crippen molar-refractivity contribution in [2.75, 3.05) is 18.6 Å². The summed E-state index contributed by atoms with van der Waals surface area (Å²) in [7, 11) is 1.40. The molecule has 122 valence electrons. The van der Waals surface area contributed by atoms with Gasteiger partial charge in [-0.05, 0) is 36.8 Å². The SMILES string of the molecule is CCN1C(=O)/C(=N/N=C\c2ccc(OC)c(F)c2)c2ccccc21. The van der Waals surface area contributed by atoms with Crippen LogP contribution in [0, 0.1) is 5.82 Å². The molecule has 1 amide bonds. The van der Waals surface area contributed by atoms with Crippen LogP contribution in [-0.4, -0.2) is 31.5 Å². The molecule has 0 unspecified atom stereocenters. The molecule has 0 N–H and O–H groups in total. The summed E-state index contributed by atoms with van der Waals surface area (Å²) < 4.78 is 18.5. The minimum absolute atomic E-state index is 0.164. The third-order valence-corrected chi connectivity index (χ3v) is 3.75. The second kappa shape index (κ2) is 6.62. The van der Waals surface area contributed by atoms with Crippen LogP contribution in [0.15, 0.2) is 52.7 Å². The third-order valence-electron chi connectivity index (χ3n) is 3.75. The minimum Gasteiger partial charge on any atom is -0.494 e. The van der Waals surface area contributed by atoms with Gasteiger partial charge in [-0.2, -0.15) is 5.10 Å². The van der Waals surface area contributed by atoms with Gasteiger partial charge < -0.3 is 9.64 Å². The van der Waals surface area contributed by atoms with Crippen molar-refractivity contribution in [3.63, 3.8) is 0 Å². The lowest BCUT2D eigenvalue weighted by Crippen LogP contribution is -2.29. The molecule has 0 atom stereocenters. The van der Waals surface area contributed by atoms with E-state index in [9.17, 15) is 9.18 Å². The largest absolute Gasteiger partial charge is 0.494 e. The Morgan fingerprint density at radius 1 is 1.25 bits per heavy atom. The average Bonchev–Trinajstić information content (AvgIpc) is 2.86. The molecule has 1 heterocycles. The van der Waals surface area contributed by atoms with Crippen LogP contribution in [0.2, 0.25) is 0 Å². The predicted octanol–water partition coefficient (Wildman–Crippen LogP) is 3.02. The molecule has 0 fully saturated rings. The lowest BCUT2D eigenvalue weighted by atomic mass is 10.1. The quantitative estimate of drug-likeness (QED) is 0.641. The Morgan fingerprint density at radius 2 is 2.04 bits per heavy atom. The highest BCUT2D eigenvalue weighted by molar-refractivity contribution is 6.54. The van der Waals surface area contributed by atoms with Gasteiger partial charge in [-0.1, -0.05) is 18.2 Å². The molecular formula is C18H16FN3O2. The Labute approximate surface area is 139 Å². The summed E-state index contributed by atoms with van der Waals surface area (Å²) in [5.41, 5.74) is 2.40. The van der Waals surface area contributed by atoms with E-state index in [1.807, 2.05) is 31.2 Å². The number of amides is 1. The van der Waals surface area contributed by atoms with E-state index in [1.54, 1.807) is 11.0 Å². The molecule has 0 saturated carbocycles. The van der Waals surface area contributed by atoms with Crippen LogP contribution >= 0.6 is 0 Å². The van der Waals surface area contributed by atoms with Gasteiger partial charge in [0.2, 0.25) is 0 Å². The summed E-state index contributed by atoms with van der Waals surface area (Å²) in [6.45, 7) is 2.46. The number of para-hydroxylation sites is 1. The second-order valence-corrected chi connectivity index (χ2v) is 5.15. The van der Waals surface area contributed by atoms with Gasteiger partial charge in [0, 0.05) is 12.1 Å². The molecule has 5 nitrogen and oxygen atoms in total. The van der Waals surface area contributed by atoms with Crippen LogP contribution < -0.4 is 9.64 Å². The standard InChI is InChI=1S/C18H16FN3O2/c1-3-22-15-7-5-4-6-13(15)17(18(22)23)21-20-11-12-8-9-16(24-2)14(19)10-12/h4-11H,3H2,1-2H3/b20-11-,21-17+. The molecule has 0 radical (unpaired) electrons. The summed E-state index contributed by atoms with van der Waals surface area (Å²) in [6.07, 6.45) is 1.40. The molecule has 2 aromatic carbocycles. The molecule has 1 aliphatic heterocycles. The minimum atomic E-state index is -0.478. The van der Waals surface area contributed by atoms with Crippen molar-refractivity contribution in [3.8, 4) is 5.75 Å². The molecule has 24 heavy (non-hydrogen) atoms. The fraction of sp³-hybridized carbons (Fsp3) is 0.167. The van der Waals surface area contributed by atoms with E-state index in [1.165, 1.54) is 25.5 Å². The topological polar surface area (TPSA) is 54.3 Å². The summed E-state index contributed by atoms with van der Waals surface area (Å²) in [4.78, 5) is 14.1. The number of ether oxygens (including phenoxy) is 1. The number of likely N-dealkylation sites (N-methyl/N-ethyl adjacent to an activating group) is 1. The van der Waals surface area contributed by atoms with Gasteiger partial charge in [0.25, 0.3) is 5.91 Å². The highest BCUT2D eigenvalue weighted by Gasteiger charge is 2.32. The number of methoxy groups -OCH3 is 1. The number of hydrogen-bond acceptors (Lipinski definition) is 4. The first-order chi connectivity index (χ1) is 11.7. The van der Waals surface area contributed by atoms with Crippen molar-refractivity contribution < 1.29 is 13.9 Å². The first-order valence-corrected chi connectivity index (χ1v) is 7.51. The Morgan fingerprint density at radius 3 is 2.75 bits per heavy atom. The lowest BCUT2D eigenvalue weighted by Gasteiger charge is -2.12. The second-order valence-electron chi connectivity index (χ2n) is 5.15. The monoisotopic (exact) mass is 325 g/mol. The smallest absolute Gasteiger partial charge is 0.279 e. The first kappa shape index (κ1) is 15.9. The van der Waals surface area contributed by atoms with Gasteiger partial charge in [0.15, 0.2) is 17.3 Å². The maximum atomic E-state index is 13.7. The number of benzene rings is 2. The van der Waals surface area contributed by atoms with E-state index in [2.05, 4.69) is 10.2 Å². The fourth-order valence-corrected chi connectivity index (χ4v) is 2.59. The zero-order chi connectivity index (χ0) is 17.1. The van der Waals surface area contributed by atoms with E-state index < -0.39 is 5.82 Å². The number of nitrogens with zero attached hydrogens (tertiary/aromatic N) is 3. The Hall–Kier alpha value is -3.02. The summed E-state index contributed by atoms with van der Waals surface area (Å²) in [6, 6.07) is 11.9. The maximum Gasteiger partial charge on any atom is 0.279 e. The Bertz CT molecular complexity index is 846. The van der Waals surface area contributed by atoms with Crippen LogP contribution in [0.5, 0.6) is 5.75 Å². The average molecular weight is 325 g/mol.